The minimum atomic E-state index is -0.442. The molecule has 3 radical (unpaired) electrons. The van der Waals surface area contributed by atoms with Crippen molar-refractivity contribution < 1.29 is 70.2 Å². The zero-order valence-corrected chi connectivity index (χ0v) is 33.8. The Balaban J connectivity index is -0.000000293. The van der Waals surface area contributed by atoms with Crippen molar-refractivity contribution in [2.24, 2.45) is 16.2 Å². The smallest absolute Gasteiger partial charge is 1.00 e. The fraction of sp³-hybridized carbons (Fsp3) is 0.912. The molecule has 0 atom stereocenters. The third kappa shape index (κ3) is 14.8. The Kier molecular flexibility index (Phi) is 22.5. The predicted octanol–water partition coefficient (Wildman–Crippen LogP) is 3.27. The van der Waals surface area contributed by atoms with E-state index < -0.39 is 11.2 Å². The van der Waals surface area contributed by atoms with Gasteiger partial charge >= 0.3 is 41.7 Å². The summed E-state index contributed by atoms with van der Waals surface area (Å²) in [5.74, 6) is 0.325. The molecule has 14 heteroatoms. The van der Waals surface area contributed by atoms with Crippen LogP contribution in [0.2, 0.25) is 0 Å². The number of nitrogens with zero attached hydrogens (tertiary/aromatic N) is 2. The van der Waals surface area contributed by atoms with Gasteiger partial charge in [-0.3, -0.25) is 4.79 Å². The Labute approximate surface area is 328 Å². The van der Waals surface area contributed by atoms with Gasteiger partial charge in [-0.25, -0.2) is 9.59 Å². The van der Waals surface area contributed by atoms with Gasteiger partial charge in [0.25, 0.3) is 0 Å². The van der Waals surface area contributed by atoms with Gasteiger partial charge in [0.15, 0.2) is 0 Å². The van der Waals surface area contributed by atoms with Gasteiger partial charge < -0.3 is 36.0 Å². The summed E-state index contributed by atoms with van der Waals surface area (Å²) in [6, 6.07) is 0. The van der Waals surface area contributed by atoms with Crippen molar-refractivity contribution in [2.45, 2.75) is 149 Å². The largest absolute Gasteiger partial charge is 1.00 e. The van der Waals surface area contributed by atoms with Crippen LogP contribution in [0.5, 0.6) is 0 Å². The second-order valence-corrected chi connectivity index (χ2v) is 16.0. The van der Waals surface area contributed by atoms with Crippen LogP contribution in [0.4, 0.5) is 9.59 Å². The first-order valence-corrected chi connectivity index (χ1v) is 16.2. The van der Waals surface area contributed by atoms with Crippen LogP contribution in [0.1, 0.15) is 127 Å². The van der Waals surface area contributed by atoms with E-state index in [0.717, 1.165) is 65.3 Å². The minimum absolute atomic E-state index is 0. The first-order chi connectivity index (χ1) is 19.9. The van der Waals surface area contributed by atoms with Gasteiger partial charge in [-0.2, -0.15) is 0 Å². The van der Waals surface area contributed by atoms with Crippen LogP contribution in [-0.4, -0.2) is 108 Å². The summed E-state index contributed by atoms with van der Waals surface area (Å²) < 4.78 is 10.6. The summed E-state index contributed by atoms with van der Waals surface area (Å²) in [5, 5.41) is 25.4. The number of rotatable bonds is 0. The van der Waals surface area contributed by atoms with Crippen LogP contribution < -0.4 is 29.6 Å². The average molecular weight is 735 g/mol. The molecule has 0 aromatic rings. The molecule has 2 aliphatic heterocycles. The van der Waals surface area contributed by atoms with Gasteiger partial charge in [-0.15, -0.1) is 24.8 Å². The zero-order chi connectivity index (χ0) is 32.3. The third-order valence-electron chi connectivity index (χ3n) is 9.66. The number of ether oxygens (including phenoxy) is 2. The number of amides is 2. The molecular weight excluding hydrogens is 669 g/mol. The molecule has 4 saturated carbocycles. The molecular formula is C34H65BCl2N2NaO8. The molecule has 4 aliphatic carbocycles. The van der Waals surface area contributed by atoms with Gasteiger partial charge in [0.05, 0.1) is 12.2 Å². The molecule has 3 spiro atoms. The molecule has 0 aromatic heterocycles. The maximum absolute atomic E-state index is 11.8. The van der Waals surface area contributed by atoms with Gasteiger partial charge in [0.1, 0.15) is 17.0 Å². The molecule has 277 valence electrons. The molecule has 48 heavy (non-hydrogen) atoms. The van der Waals surface area contributed by atoms with Crippen molar-refractivity contribution in [1.29, 1.82) is 0 Å². The van der Waals surface area contributed by atoms with Crippen LogP contribution in [-0.2, 0) is 14.3 Å². The second kappa shape index (κ2) is 20.7. The number of carbonyl (C=O) groups is 3. The topological polar surface area (TPSA) is 137 Å². The minimum Gasteiger partial charge on any atom is -1.00 e. The van der Waals surface area contributed by atoms with Crippen molar-refractivity contribution in [3.8, 4) is 0 Å². The van der Waals surface area contributed by atoms with Crippen LogP contribution in [0.3, 0.4) is 0 Å². The fourth-order valence-corrected chi connectivity index (χ4v) is 7.65. The number of likely N-dealkylation sites (tertiary alicyclic amines) is 2. The fourth-order valence-electron chi connectivity index (χ4n) is 7.65. The Bertz CT molecular complexity index is 990. The number of aliphatic hydroxyl groups is 3. The van der Waals surface area contributed by atoms with E-state index in [0.29, 0.717) is 30.6 Å². The molecule has 6 aliphatic rings. The van der Waals surface area contributed by atoms with E-state index in [-0.39, 0.29) is 107 Å². The maximum Gasteiger partial charge on any atom is 1.00 e. The number of aliphatic hydroxyl groups excluding tert-OH is 3. The normalized spacial score (nSPS) is 22.3. The molecule has 10 nitrogen and oxygen atoms in total. The van der Waals surface area contributed by atoms with Gasteiger partial charge in [0.2, 0.25) is 0 Å². The van der Waals surface area contributed by atoms with E-state index in [9.17, 15) is 19.5 Å². The van der Waals surface area contributed by atoms with E-state index >= 15 is 0 Å². The van der Waals surface area contributed by atoms with Crippen molar-refractivity contribution in [2.75, 3.05) is 33.3 Å². The van der Waals surface area contributed by atoms with Crippen molar-refractivity contribution in [1.82, 2.24) is 9.80 Å². The van der Waals surface area contributed by atoms with E-state index in [2.05, 4.69) is 0 Å². The van der Waals surface area contributed by atoms with E-state index in [4.69, 9.17) is 19.7 Å². The number of hydrogen-bond acceptors (Lipinski definition) is 8. The third-order valence-corrected chi connectivity index (χ3v) is 9.66. The van der Waals surface area contributed by atoms with Crippen molar-refractivity contribution in [3.05, 3.63) is 0 Å². The quantitative estimate of drug-likeness (QED) is 0.323. The molecule has 0 bridgehead atoms. The van der Waals surface area contributed by atoms with Crippen LogP contribution in [0.15, 0.2) is 0 Å². The van der Waals surface area contributed by atoms with E-state index in [1.54, 1.807) is 9.80 Å². The molecule has 2 heterocycles. The summed E-state index contributed by atoms with van der Waals surface area (Å²) in [6.07, 6.45) is 12.2. The summed E-state index contributed by atoms with van der Waals surface area (Å²) >= 11 is 0. The SMILES string of the molecule is C.CC(C)(C)OC(=O)N1CCC2(CC(=O)C2)C1.CC(C)(C)OC(=O)N1CCC2(CC(O)C2)C1.CO.Cl.Cl.OC1CC2(CCCC2)C1.[B].[H-].[Na+]. The first kappa shape index (κ1) is 52.1. The molecule has 6 rings (SSSR count). The Hall–Kier alpha value is -0.265. The second-order valence-electron chi connectivity index (χ2n) is 16.0. The molecule has 0 unspecified atom stereocenters. The van der Waals surface area contributed by atoms with Gasteiger partial charge in [-0.1, -0.05) is 20.3 Å². The Morgan fingerprint density at radius 3 is 1.38 bits per heavy atom. The van der Waals surface area contributed by atoms with E-state index in [1.807, 2.05) is 41.5 Å². The molecule has 2 saturated heterocycles. The Morgan fingerprint density at radius 2 is 1.04 bits per heavy atom. The van der Waals surface area contributed by atoms with Gasteiger partial charge in [0, 0.05) is 60.0 Å². The number of halogens is 2. The molecule has 3 N–H and O–H groups in total. The Morgan fingerprint density at radius 1 is 0.708 bits per heavy atom. The van der Waals surface area contributed by atoms with Crippen molar-refractivity contribution in [3.63, 3.8) is 0 Å². The molecule has 6 fully saturated rings. The van der Waals surface area contributed by atoms with Crippen LogP contribution >= 0.6 is 24.8 Å². The number of Topliss-reactive ketones (excluding diaryl/α,β-unsaturated/α-hetero) is 1. The predicted molar refractivity (Wildman–Crippen MR) is 192 cm³/mol. The van der Waals surface area contributed by atoms with Crippen LogP contribution in [0, 0.1) is 16.2 Å². The summed E-state index contributed by atoms with van der Waals surface area (Å²) in [6.45, 7) is 14.2. The summed E-state index contributed by atoms with van der Waals surface area (Å²) in [4.78, 5) is 38.1. The molecule has 2 amide bonds. The molecule has 0 aromatic carbocycles. The number of carbonyl (C=O) groups excluding carboxylic acids is 3. The zero-order valence-electron chi connectivity index (χ0n) is 31.1. The number of ketones is 1. The average Bonchev–Trinajstić information content (AvgIpc) is 3.58. The monoisotopic (exact) mass is 733 g/mol. The summed E-state index contributed by atoms with van der Waals surface area (Å²) in [5.41, 5.74) is 0.0535. The van der Waals surface area contributed by atoms with Gasteiger partial charge in [-0.05, 0) is 104 Å². The standard InChI is InChI=1S/C12H21NO3.C12H19NO3.C8H14O.CH4O.CH4.B.2ClH.Na.H/c2*1-11(2,3)16-10(15)13-5-4-12(8-13)6-9(14)7-12;9-7-5-8(6-7)3-1-2-4-8;1-2;;;;;;/h9,14H,4-8H2,1-3H3;4-8H2,1-3H3;7,9H,1-6H2;2H,1H3;1H4;;2*1H;;/q;;;;;;;;+1;-1. The van der Waals surface area contributed by atoms with E-state index in [1.165, 1.54) is 25.7 Å². The maximum atomic E-state index is 11.8. The summed E-state index contributed by atoms with van der Waals surface area (Å²) in [7, 11) is 1.00. The van der Waals surface area contributed by atoms with Crippen LogP contribution in [0.25, 0.3) is 0 Å². The number of hydrogen-bond donors (Lipinski definition) is 3. The van der Waals surface area contributed by atoms with Crippen molar-refractivity contribution >= 4 is 51.2 Å². The first-order valence-electron chi connectivity index (χ1n) is 16.2.